The van der Waals surface area contributed by atoms with Gasteiger partial charge in [-0.05, 0) is 11.6 Å². The molecular formula is C20H19ClN4O3. The standard InChI is InChI=1S/C20H19ClN4O3/c1-3-9-22-16(26)12-24-11-15-17(19(24)27)18(13-7-5-6-8-14(13)21)23-20(28)25(15)10-4-2/h1,4-8,18H,2,9-12H2,(H,22,26)(H,23,28). The Hall–Kier alpha value is -3.24. The highest BCUT2D eigenvalue weighted by Gasteiger charge is 2.44. The van der Waals surface area contributed by atoms with Crippen LogP contribution in [0.25, 0.3) is 0 Å². The van der Waals surface area contributed by atoms with Crippen LogP contribution in [0.1, 0.15) is 11.6 Å². The lowest BCUT2D eigenvalue weighted by Crippen LogP contribution is -2.47. The van der Waals surface area contributed by atoms with Crippen LogP contribution in [0.5, 0.6) is 0 Å². The van der Waals surface area contributed by atoms with Crippen LogP contribution in [-0.4, -0.2) is 53.8 Å². The summed E-state index contributed by atoms with van der Waals surface area (Å²) >= 11 is 6.31. The van der Waals surface area contributed by atoms with Gasteiger partial charge >= 0.3 is 6.03 Å². The number of carbonyl (C=O) groups is 3. The molecule has 0 saturated carbocycles. The number of urea groups is 1. The zero-order chi connectivity index (χ0) is 20.3. The summed E-state index contributed by atoms with van der Waals surface area (Å²) in [4.78, 5) is 40.6. The first-order valence-corrected chi connectivity index (χ1v) is 9.01. The van der Waals surface area contributed by atoms with E-state index in [1.165, 1.54) is 9.80 Å². The molecule has 7 nitrogen and oxygen atoms in total. The van der Waals surface area contributed by atoms with Crippen molar-refractivity contribution < 1.29 is 14.4 Å². The predicted molar refractivity (Wildman–Crippen MR) is 105 cm³/mol. The fourth-order valence-electron chi connectivity index (χ4n) is 3.32. The molecule has 0 fully saturated rings. The first-order valence-electron chi connectivity index (χ1n) is 8.63. The van der Waals surface area contributed by atoms with E-state index in [1.54, 1.807) is 30.3 Å². The lowest BCUT2D eigenvalue weighted by atomic mass is 9.95. The molecular weight excluding hydrogens is 380 g/mol. The fourth-order valence-corrected chi connectivity index (χ4v) is 3.56. The van der Waals surface area contributed by atoms with Crippen LogP contribution in [0.4, 0.5) is 4.79 Å². The van der Waals surface area contributed by atoms with E-state index in [2.05, 4.69) is 23.1 Å². The summed E-state index contributed by atoms with van der Waals surface area (Å²) in [6.45, 7) is 3.98. The third-order valence-corrected chi connectivity index (χ3v) is 4.89. The number of carbonyl (C=O) groups excluding carboxylic acids is 3. The quantitative estimate of drug-likeness (QED) is 0.562. The first-order chi connectivity index (χ1) is 13.5. The second kappa shape index (κ2) is 8.19. The van der Waals surface area contributed by atoms with E-state index in [0.29, 0.717) is 21.9 Å². The minimum absolute atomic E-state index is 0.0822. The Morgan fingerprint density at radius 1 is 1.43 bits per heavy atom. The maximum atomic E-state index is 13.1. The first kappa shape index (κ1) is 19.5. The molecule has 0 spiro atoms. The Morgan fingerprint density at radius 2 is 2.18 bits per heavy atom. The summed E-state index contributed by atoms with van der Waals surface area (Å²) in [6.07, 6.45) is 6.72. The van der Waals surface area contributed by atoms with Gasteiger partial charge in [-0.1, -0.05) is 41.8 Å². The number of amides is 4. The minimum Gasteiger partial charge on any atom is -0.344 e. The molecule has 2 aliphatic rings. The van der Waals surface area contributed by atoms with E-state index in [0.717, 1.165) is 0 Å². The number of nitrogens with zero attached hydrogens (tertiary/aromatic N) is 2. The number of halogens is 1. The zero-order valence-electron chi connectivity index (χ0n) is 15.1. The Kier molecular flexibility index (Phi) is 5.71. The van der Waals surface area contributed by atoms with Gasteiger partial charge in [-0.15, -0.1) is 13.0 Å². The van der Waals surface area contributed by atoms with Crippen molar-refractivity contribution in [2.45, 2.75) is 6.04 Å². The average Bonchev–Trinajstić information content (AvgIpc) is 2.99. The molecule has 8 heteroatoms. The van der Waals surface area contributed by atoms with Crippen molar-refractivity contribution in [3.63, 3.8) is 0 Å². The Morgan fingerprint density at radius 3 is 2.86 bits per heavy atom. The predicted octanol–water partition coefficient (Wildman–Crippen LogP) is 1.44. The van der Waals surface area contributed by atoms with Crippen LogP contribution in [0.3, 0.4) is 0 Å². The van der Waals surface area contributed by atoms with Crippen LogP contribution in [0, 0.1) is 12.3 Å². The van der Waals surface area contributed by atoms with Crippen LogP contribution >= 0.6 is 11.6 Å². The summed E-state index contributed by atoms with van der Waals surface area (Å²) in [6, 6.07) is 5.97. The van der Waals surface area contributed by atoms with Crippen LogP contribution in [-0.2, 0) is 9.59 Å². The molecule has 1 unspecified atom stereocenters. The molecule has 4 amide bonds. The van der Waals surface area contributed by atoms with E-state index in [9.17, 15) is 14.4 Å². The third kappa shape index (κ3) is 3.59. The summed E-state index contributed by atoms with van der Waals surface area (Å²) < 4.78 is 0. The van der Waals surface area contributed by atoms with Gasteiger partial charge in [0.15, 0.2) is 0 Å². The lowest BCUT2D eigenvalue weighted by Gasteiger charge is -2.33. The highest BCUT2D eigenvalue weighted by atomic mass is 35.5. The van der Waals surface area contributed by atoms with Crippen molar-refractivity contribution in [2.24, 2.45) is 0 Å². The molecule has 0 aromatic heterocycles. The van der Waals surface area contributed by atoms with Crippen molar-refractivity contribution in [1.29, 1.82) is 0 Å². The number of benzene rings is 1. The molecule has 144 valence electrons. The highest BCUT2D eigenvalue weighted by Crippen LogP contribution is 2.38. The molecule has 2 heterocycles. The topological polar surface area (TPSA) is 81.8 Å². The molecule has 0 bridgehead atoms. The molecule has 28 heavy (non-hydrogen) atoms. The SMILES string of the molecule is C#CCNC(=O)CN1CC2=C(C1=O)C(c1ccccc1Cl)NC(=O)N2CC=C. The summed E-state index contributed by atoms with van der Waals surface area (Å²) in [7, 11) is 0. The second-order valence-electron chi connectivity index (χ2n) is 6.31. The number of nitrogens with one attached hydrogen (secondary N) is 2. The molecule has 1 aromatic rings. The van der Waals surface area contributed by atoms with Gasteiger partial charge in [0, 0.05) is 11.6 Å². The largest absolute Gasteiger partial charge is 0.344 e. The second-order valence-corrected chi connectivity index (χ2v) is 6.71. The Labute approximate surface area is 168 Å². The lowest BCUT2D eigenvalue weighted by molar-refractivity contribution is -0.131. The average molecular weight is 399 g/mol. The molecule has 2 aliphatic heterocycles. The monoisotopic (exact) mass is 398 g/mol. The number of rotatable bonds is 6. The molecule has 1 atom stereocenters. The number of terminal acetylenes is 1. The van der Waals surface area contributed by atoms with Crippen LogP contribution in [0.2, 0.25) is 5.02 Å². The van der Waals surface area contributed by atoms with E-state index in [1.807, 2.05) is 0 Å². The van der Waals surface area contributed by atoms with Crippen molar-refractivity contribution in [1.82, 2.24) is 20.4 Å². The smallest absolute Gasteiger partial charge is 0.322 e. The van der Waals surface area contributed by atoms with Crippen LogP contribution < -0.4 is 10.6 Å². The van der Waals surface area contributed by atoms with E-state index >= 15 is 0 Å². The van der Waals surface area contributed by atoms with Crippen molar-refractivity contribution in [3.8, 4) is 12.3 Å². The van der Waals surface area contributed by atoms with E-state index in [4.69, 9.17) is 18.0 Å². The Bertz CT molecular complexity index is 918. The fraction of sp³-hybridized carbons (Fsp3) is 0.250. The van der Waals surface area contributed by atoms with Gasteiger partial charge in [0.2, 0.25) is 5.91 Å². The van der Waals surface area contributed by atoms with Gasteiger partial charge in [-0.3, -0.25) is 14.5 Å². The molecule has 2 N–H and O–H groups in total. The van der Waals surface area contributed by atoms with Gasteiger partial charge in [-0.25, -0.2) is 4.79 Å². The van der Waals surface area contributed by atoms with Crippen molar-refractivity contribution in [2.75, 3.05) is 26.2 Å². The number of hydrogen-bond acceptors (Lipinski definition) is 3. The highest BCUT2D eigenvalue weighted by molar-refractivity contribution is 6.31. The summed E-state index contributed by atoms with van der Waals surface area (Å²) in [5.41, 5.74) is 1.57. The molecule has 3 rings (SSSR count). The van der Waals surface area contributed by atoms with Gasteiger partial charge in [0.1, 0.15) is 6.54 Å². The molecule has 0 radical (unpaired) electrons. The van der Waals surface area contributed by atoms with Gasteiger partial charge in [-0.2, -0.15) is 0 Å². The van der Waals surface area contributed by atoms with E-state index < -0.39 is 6.04 Å². The van der Waals surface area contributed by atoms with E-state index in [-0.39, 0.29) is 44.0 Å². The summed E-state index contributed by atoms with van der Waals surface area (Å²) in [5, 5.41) is 5.82. The Balaban J connectivity index is 1.96. The number of hydrogen-bond donors (Lipinski definition) is 2. The normalized spacial score (nSPS) is 18.5. The van der Waals surface area contributed by atoms with Crippen molar-refractivity contribution >= 4 is 29.4 Å². The zero-order valence-corrected chi connectivity index (χ0v) is 15.8. The van der Waals surface area contributed by atoms with Crippen molar-refractivity contribution in [3.05, 3.63) is 58.8 Å². The molecule has 0 aliphatic carbocycles. The minimum atomic E-state index is -0.691. The van der Waals surface area contributed by atoms with Crippen LogP contribution in [0.15, 0.2) is 48.2 Å². The summed E-state index contributed by atoms with van der Waals surface area (Å²) in [5.74, 6) is 1.62. The van der Waals surface area contributed by atoms with Gasteiger partial charge in [0.25, 0.3) is 5.91 Å². The molecule has 1 aromatic carbocycles. The maximum absolute atomic E-state index is 13.1. The third-order valence-electron chi connectivity index (χ3n) is 4.55. The maximum Gasteiger partial charge on any atom is 0.322 e. The van der Waals surface area contributed by atoms with Gasteiger partial charge in [0.05, 0.1) is 30.4 Å². The molecule has 0 saturated heterocycles. The van der Waals surface area contributed by atoms with Gasteiger partial charge < -0.3 is 15.5 Å².